The maximum atomic E-state index is 4.22. The van der Waals surface area contributed by atoms with Gasteiger partial charge in [0.1, 0.15) is 0 Å². The molecule has 2 aromatic rings. The van der Waals surface area contributed by atoms with Gasteiger partial charge in [-0.05, 0) is 31.4 Å². The molecule has 0 radical (unpaired) electrons. The summed E-state index contributed by atoms with van der Waals surface area (Å²) in [7, 11) is 0. The monoisotopic (exact) mass is 241 g/mol. The van der Waals surface area contributed by atoms with Gasteiger partial charge in [0.2, 0.25) is 0 Å². The molecule has 1 aliphatic carbocycles. The normalized spacial score (nSPS) is 17.3. The van der Waals surface area contributed by atoms with Crippen LogP contribution in [-0.2, 0) is 13.0 Å². The van der Waals surface area contributed by atoms with E-state index in [1.165, 1.54) is 28.8 Å². The molecule has 2 N–H and O–H groups in total. The molecular formula is C15H19N3. The first kappa shape index (κ1) is 11.5. The minimum atomic E-state index is 0.689. The number of fused-ring (bicyclic) bond motifs is 1. The Morgan fingerprint density at radius 2 is 2.17 bits per heavy atom. The first-order valence-electron chi connectivity index (χ1n) is 6.54. The topological polar surface area (TPSA) is 40.7 Å². The molecule has 1 aromatic heterocycles. The summed E-state index contributed by atoms with van der Waals surface area (Å²) in [6.45, 7) is 6.10. The van der Waals surface area contributed by atoms with Gasteiger partial charge in [-0.25, -0.2) is 0 Å². The molecule has 0 spiro atoms. The Balaban J connectivity index is 1.55. The third kappa shape index (κ3) is 1.95. The molecule has 3 rings (SSSR count). The zero-order valence-corrected chi connectivity index (χ0v) is 11.0. The Morgan fingerprint density at radius 1 is 1.33 bits per heavy atom. The van der Waals surface area contributed by atoms with E-state index in [9.17, 15) is 0 Å². The second kappa shape index (κ2) is 4.58. The van der Waals surface area contributed by atoms with Gasteiger partial charge in [-0.2, -0.15) is 5.10 Å². The minimum Gasteiger partial charge on any atom is -0.312 e. The van der Waals surface area contributed by atoms with Gasteiger partial charge in [0.25, 0.3) is 0 Å². The largest absolute Gasteiger partial charge is 0.312 e. The lowest BCUT2D eigenvalue weighted by Crippen LogP contribution is -2.29. The average molecular weight is 241 g/mol. The molecule has 3 heteroatoms. The number of hydrogen-bond donors (Lipinski definition) is 2. The van der Waals surface area contributed by atoms with Crippen LogP contribution in [0.25, 0.3) is 0 Å². The van der Waals surface area contributed by atoms with E-state index in [0.29, 0.717) is 5.92 Å². The lowest BCUT2D eigenvalue weighted by atomic mass is 9.77. The Morgan fingerprint density at radius 3 is 2.89 bits per heavy atom. The number of aryl methyl sites for hydroxylation is 2. The molecule has 1 atom stereocenters. The van der Waals surface area contributed by atoms with Crippen LogP contribution in [0.5, 0.6) is 0 Å². The summed E-state index contributed by atoms with van der Waals surface area (Å²) in [5.41, 5.74) is 6.62. The van der Waals surface area contributed by atoms with E-state index in [0.717, 1.165) is 18.8 Å². The number of aromatic nitrogens is 2. The Hall–Kier alpha value is -1.61. The molecule has 1 unspecified atom stereocenters. The fraction of sp³-hybridized carbons (Fsp3) is 0.400. The van der Waals surface area contributed by atoms with Crippen molar-refractivity contribution in [3.63, 3.8) is 0 Å². The molecule has 0 saturated carbocycles. The van der Waals surface area contributed by atoms with Crippen LogP contribution in [0.15, 0.2) is 24.3 Å². The van der Waals surface area contributed by atoms with Crippen molar-refractivity contribution >= 4 is 0 Å². The Bertz CT molecular complexity index is 537. The van der Waals surface area contributed by atoms with E-state index in [2.05, 4.69) is 53.6 Å². The first-order chi connectivity index (χ1) is 8.75. The molecule has 0 aliphatic heterocycles. The van der Waals surface area contributed by atoms with E-state index in [-0.39, 0.29) is 0 Å². The predicted octanol–water partition coefficient (Wildman–Crippen LogP) is 2.46. The number of nitrogens with one attached hydrogen (secondary N) is 2. The van der Waals surface area contributed by atoms with E-state index >= 15 is 0 Å². The maximum absolute atomic E-state index is 4.22. The van der Waals surface area contributed by atoms with Crippen LogP contribution >= 0.6 is 0 Å². The van der Waals surface area contributed by atoms with Crippen LogP contribution < -0.4 is 5.32 Å². The van der Waals surface area contributed by atoms with Crippen molar-refractivity contribution in [3.8, 4) is 0 Å². The molecule has 1 aliphatic rings. The third-order valence-corrected chi connectivity index (χ3v) is 3.93. The summed E-state index contributed by atoms with van der Waals surface area (Å²) in [5, 5.41) is 10.8. The molecule has 0 bridgehead atoms. The predicted molar refractivity (Wildman–Crippen MR) is 72.7 cm³/mol. The van der Waals surface area contributed by atoms with Gasteiger partial charge in [0, 0.05) is 30.3 Å². The number of hydrogen-bond acceptors (Lipinski definition) is 2. The molecule has 18 heavy (non-hydrogen) atoms. The van der Waals surface area contributed by atoms with Crippen LogP contribution in [0, 0.1) is 13.8 Å². The number of benzene rings is 1. The Kier molecular flexibility index (Phi) is 2.92. The van der Waals surface area contributed by atoms with Crippen molar-refractivity contribution in [2.45, 2.75) is 32.7 Å². The first-order valence-corrected chi connectivity index (χ1v) is 6.54. The van der Waals surface area contributed by atoms with Gasteiger partial charge in [-0.3, -0.25) is 5.10 Å². The second-order valence-corrected chi connectivity index (χ2v) is 5.14. The molecule has 3 nitrogen and oxygen atoms in total. The zero-order valence-electron chi connectivity index (χ0n) is 11.0. The second-order valence-electron chi connectivity index (χ2n) is 5.14. The number of rotatable bonds is 4. The zero-order chi connectivity index (χ0) is 12.5. The highest BCUT2D eigenvalue weighted by atomic mass is 15.1. The fourth-order valence-electron chi connectivity index (χ4n) is 2.75. The van der Waals surface area contributed by atoms with Crippen LogP contribution in [0.1, 0.15) is 34.0 Å². The summed E-state index contributed by atoms with van der Waals surface area (Å²) >= 11 is 0. The lowest BCUT2D eigenvalue weighted by molar-refractivity contribution is 0.534. The van der Waals surface area contributed by atoms with Crippen LogP contribution in [0.3, 0.4) is 0 Å². The summed E-state index contributed by atoms with van der Waals surface area (Å²) in [5.74, 6) is 0.689. The highest BCUT2D eigenvalue weighted by molar-refractivity contribution is 5.40. The Labute approximate surface area is 108 Å². The van der Waals surface area contributed by atoms with Gasteiger partial charge in [-0.15, -0.1) is 0 Å². The van der Waals surface area contributed by atoms with Crippen molar-refractivity contribution in [1.29, 1.82) is 0 Å². The molecule has 0 fully saturated rings. The standard InChI is InChI=1S/C15H19N3/c1-10-15(11(2)18-17-10)9-16-8-13-7-12-5-3-4-6-14(12)13/h3-6,13,16H,7-9H2,1-2H3,(H,17,18). The van der Waals surface area contributed by atoms with Gasteiger partial charge in [0.15, 0.2) is 0 Å². The van der Waals surface area contributed by atoms with E-state index in [1.54, 1.807) is 0 Å². The van der Waals surface area contributed by atoms with Crippen molar-refractivity contribution in [1.82, 2.24) is 15.5 Å². The van der Waals surface area contributed by atoms with Crippen LogP contribution in [0.4, 0.5) is 0 Å². The van der Waals surface area contributed by atoms with E-state index in [4.69, 9.17) is 0 Å². The lowest BCUT2D eigenvalue weighted by Gasteiger charge is -2.30. The minimum absolute atomic E-state index is 0.689. The van der Waals surface area contributed by atoms with Gasteiger partial charge in [0.05, 0.1) is 5.69 Å². The van der Waals surface area contributed by atoms with Crippen LogP contribution in [0.2, 0.25) is 0 Å². The van der Waals surface area contributed by atoms with Crippen molar-refractivity contribution in [3.05, 3.63) is 52.3 Å². The average Bonchev–Trinajstić information content (AvgIpc) is 2.66. The number of nitrogens with zero attached hydrogens (tertiary/aromatic N) is 1. The third-order valence-electron chi connectivity index (χ3n) is 3.93. The smallest absolute Gasteiger partial charge is 0.0638 e. The summed E-state index contributed by atoms with van der Waals surface area (Å²) in [6, 6.07) is 8.74. The van der Waals surface area contributed by atoms with E-state index < -0.39 is 0 Å². The number of aromatic amines is 1. The highest BCUT2D eigenvalue weighted by Gasteiger charge is 2.24. The van der Waals surface area contributed by atoms with Crippen molar-refractivity contribution < 1.29 is 0 Å². The fourth-order valence-corrected chi connectivity index (χ4v) is 2.75. The SMILES string of the molecule is Cc1n[nH]c(C)c1CNCC1Cc2ccccc21. The number of H-pyrrole nitrogens is 1. The summed E-state index contributed by atoms with van der Waals surface area (Å²) < 4.78 is 0. The van der Waals surface area contributed by atoms with Crippen LogP contribution in [-0.4, -0.2) is 16.7 Å². The summed E-state index contributed by atoms with van der Waals surface area (Å²) in [4.78, 5) is 0. The molecule has 1 aromatic carbocycles. The summed E-state index contributed by atoms with van der Waals surface area (Å²) in [6.07, 6.45) is 1.21. The maximum Gasteiger partial charge on any atom is 0.0638 e. The van der Waals surface area contributed by atoms with Crippen molar-refractivity contribution in [2.24, 2.45) is 0 Å². The quantitative estimate of drug-likeness (QED) is 0.863. The van der Waals surface area contributed by atoms with Gasteiger partial charge >= 0.3 is 0 Å². The molecule has 0 saturated heterocycles. The highest BCUT2D eigenvalue weighted by Crippen LogP contribution is 2.34. The van der Waals surface area contributed by atoms with Crippen molar-refractivity contribution in [2.75, 3.05) is 6.54 Å². The van der Waals surface area contributed by atoms with E-state index in [1.807, 2.05) is 0 Å². The molecule has 0 amide bonds. The van der Waals surface area contributed by atoms with Gasteiger partial charge in [-0.1, -0.05) is 24.3 Å². The molecule has 94 valence electrons. The van der Waals surface area contributed by atoms with Gasteiger partial charge < -0.3 is 5.32 Å². The molecule has 1 heterocycles. The molecular weight excluding hydrogens is 222 g/mol.